The average Bonchev–Trinajstić information content (AvgIpc) is 2.45. The van der Waals surface area contributed by atoms with Crippen molar-refractivity contribution in [1.29, 1.82) is 0 Å². The van der Waals surface area contributed by atoms with Gasteiger partial charge in [0.05, 0.1) is 0 Å². The summed E-state index contributed by atoms with van der Waals surface area (Å²) in [6.45, 7) is 6.16. The Bertz CT molecular complexity index is 211. The maximum atomic E-state index is 11.2. The van der Waals surface area contributed by atoms with E-state index in [0.717, 1.165) is 18.7 Å². The molecule has 2 atom stereocenters. The molecule has 12 heavy (non-hydrogen) atoms. The average molecular weight is 168 g/mol. The van der Waals surface area contributed by atoms with Crippen molar-refractivity contribution >= 4 is 11.7 Å². The molecule has 0 saturated carbocycles. The summed E-state index contributed by atoms with van der Waals surface area (Å²) >= 11 is 0. The van der Waals surface area contributed by atoms with Gasteiger partial charge in [0, 0.05) is 5.92 Å². The fourth-order valence-corrected chi connectivity index (χ4v) is 1.19. The summed E-state index contributed by atoms with van der Waals surface area (Å²) in [5.41, 5.74) is 0. The van der Waals surface area contributed by atoms with Crippen molar-refractivity contribution in [1.82, 2.24) is 5.32 Å². The van der Waals surface area contributed by atoms with Crippen LogP contribution in [0.2, 0.25) is 0 Å². The van der Waals surface area contributed by atoms with Gasteiger partial charge in [-0.15, -0.1) is 0 Å². The van der Waals surface area contributed by atoms with E-state index in [2.05, 4.69) is 24.2 Å². The van der Waals surface area contributed by atoms with Gasteiger partial charge in [-0.25, -0.2) is 0 Å². The van der Waals surface area contributed by atoms with E-state index in [-0.39, 0.29) is 11.9 Å². The standard InChI is InChI=1S/C9H16N2O/c1-4-6(3)8-10-7(5-2)9(12)11-8/h6-7H,4-5H2,1-3H3,(H,10,11,12). The van der Waals surface area contributed by atoms with Gasteiger partial charge in [-0.2, -0.15) is 0 Å². The number of carbonyl (C=O) groups is 1. The fourth-order valence-electron chi connectivity index (χ4n) is 1.19. The van der Waals surface area contributed by atoms with Crippen LogP contribution in [0, 0.1) is 5.92 Å². The van der Waals surface area contributed by atoms with Crippen molar-refractivity contribution in [2.75, 3.05) is 0 Å². The Balaban J connectivity index is 2.64. The van der Waals surface area contributed by atoms with Crippen LogP contribution in [0.5, 0.6) is 0 Å². The number of amidine groups is 1. The normalized spacial score (nSPS) is 25.1. The van der Waals surface area contributed by atoms with Crippen molar-refractivity contribution in [2.45, 2.75) is 39.7 Å². The summed E-state index contributed by atoms with van der Waals surface area (Å²) in [6, 6.07) is -0.131. The molecule has 0 aromatic rings. The molecule has 0 aromatic carbocycles. The van der Waals surface area contributed by atoms with E-state index in [0.29, 0.717) is 5.92 Å². The zero-order valence-electron chi connectivity index (χ0n) is 7.92. The second kappa shape index (κ2) is 3.70. The van der Waals surface area contributed by atoms with Gasteiger partial charge in [0.25, 0.3) is 0 Å². The quantitative estimate of drug-likeness (QED) is 0.678. The molecule has 1 amide bonds. The van der Waals surface area contributed by atoms with Crippen LogP contribution in [0.4, 0.5) is 0 Å². The molecule has 0 radical (unpaired) electrons. The Morgan fingerprint density at radius 1 is 1.58 bits per heavy atom. The third-order valence-electron chi connectivity index (χ3n) is 2.31. The Kier molecular flexibility index (Phi) is 2.84. The van der Waals surface area contributed by atoms with Crippen molar-refractivity contribution < 1.29 is 4.79 Å². The second-order valence-corrected chi connectivity index (χ2v) is 3.24. The lowest BCUT2D eigenvalue weighted by Crippen LogP contribution is -2.31. The van der Waals surface area contributed by atoms with E-state index in [1.807, 2.05) is 6.92 Å². The van der Waals surface area contributed by atoms with Gasteiger partial charge in [-0.05, 0) is 12.8 Å². The van der Waals surface area contributed by atoms with Crippen LogP contribution in [-0.4, -0.2) is 17.8 Å². The molecule has 3 nitrogen and oxygen atoms in total. The van der Waals surface area contributed by atoms with Crippen LogP contribution in [0.1, 0.15) is 33.6 Å². The third-order valence-corrected chi connectivity index (χ3v) is 2.31. The molecule has 0 aromatic heterocycles. The molecule has 0 spiro atoms. The molecule has 3 heteroatoms. The predicted molar refractivity (Wildman–Crippen MR) is 49.1 cm³/mol. The van der Waals surface area contributed by atoms with E-state index in [9.17, 15) is 4.79 Å². The first kappa shape index (κ1) is 9.23. The molecule has 0 bridgehead atoms. The van der Waals surface area contributed by atoms with Crippen LogP contribution in [-0.2, 0) is 4.79 Å². The minimum absolute atomic E-state index is 0.0628. The molecule has 1 rings (SSSR count). The molecule has 1 aliphatic heterocycles. The monoisotopic (exact) mass is 168 g/mol. The fraction of sp³-hybridized carbons (Fsp3) is 0.778. The van der Waals surface area contributed by atoms with Crippen molar-refractivity contribution in [3.63, 3.8) is 0 Å². The zero-order chi connectivity index (χ0) is 9.14. The first-order valence-corrected chi connectivity index (χ1v) is 4.57. The number of nitrogens with zero attached hydrogens (tertiary/aromatic N) is 1. The predicted octanol–water partition coefficient (Wildman–Crippen LogP) is 1.34. The van der Waals surface area contributed by atoms with Crippen molar-refractivity contribution in [3.05, 3.63) is 0 Å². The summed E-state index contributed by atoms with van der Waals surface area (Å²) in [4.78, 5) is 15.5. The van der Waals surface area contributed by atoms with Gasteiger partial charge in [0.2, 0.25) is 5.91 Å². The number of amides is 1. The number of rotatable bonds is 3. The maximum absolute atomic E-state index is 11.2. The molecule has 2 unspecified atom stereocenters. The van der Waals surface area contributed by atoms with E-state index in [4.69, 9.17) is 0 Å². The molecular weight excluding hydrogens is 152 g/mol. The van der Waals surface area contributed by atoms with Crippen LogP contribution in [0.3, 0.4) is 0 Å². The van der Waals surface area contributed by atoms with Gasteiger partial charge in [-0.1, -0.05) is 20.8 Å². The van der Waals surface area contributed by atoms with E-state index >= 15 is 0 Å². The van der Waals surface area contributed by atoms with E-state index in [1.165, 1.54) is 0 Å². The largest absolute Gasteiger partial charge is 0.312 e. The number of hydrogen-bond acceptors (Lipinski definition) is 2. The minimum atomic E-state index is -0.131. The topological polar surface area (TPSA) is 41.5 Å². The molecule has 68 valence electrons. The van der Waals surface area contributed by atoms with Gasteiger partial charge in [-0.3, -0.25) is 9.79 Å². The Morgan fingerprint density at radius 3 is 2.67 bits per heavy atom. The Labute approximate surface area is 73.3 Å². The van der Waals surface area contributed by atoms with Gasteiger partial charge in [0.15, 0.2) is 0 Å². The summed E-state index contributed by atoms with van der Waals surface area (Å²) in [7, 11) is 0. The lowest BCUT2D eigenvalue weighted by atomic mass is 10.1. The first-order valence-electron chi connectivity index (χ1n) is 4.57. The highest BCUT2D eigenvalue weighted by atomic mass is 16.2. The molecule has 1 N–H and O–H groups in total. The lowest BCUT2D eigenvalue weighted by molar-refractivity contribution is -0.120. The maximum Gasteiger partial charge on any atom is 0.250 e. The minimum Gasteiger partial charge on any atom is -0.312 e. The highest BCUT2D eigenvalue weighted by Gasteiger charge is 2.26. The van der Waals surface area contributed by atoms with Gasteiger partial charge >= 0.3 is 0 Å². The lowest BCUT2D eigenvalue weighted by Gasteiger charge is -2.06. The molecule has 0 aliphatic carbocycles. The van der Waals surface area contributed by atoms with Crippen molar-refractivity contribution in [3.8, 4) is 0 Å². The van der Waals surface area contributed by atoms with Crippen LogP contribution >= 0.6 is 0 Å². The van der Waals surface area contributed by atoms with E-state index < -0.39 is 0 Å². The zero-order valence-corrected chi connectivity index (χ0v) is 7.92. The number of hydrogen-bond donors (Lipinski definition) is 1. The molecular formula is C9H16N2O. The number of nitrogens with one attached hydrogen (secondary N) is 1. The van der Waals surface area contributed by atoms with Gasteiger partial charge < -0.3 is 5.32 Å². The molecule has 1 heterocycles. The summed E-state index contributed by atoms with van der Waals surface area (Å²) < 4.78 is 0. The highest BCUT2D eigenvalue weighted by Crippen LogP contribution is 2.11. The van der Waals surface area contributed by atoms with Crippen LogP contribution in [0.25, 0.3) is 0 Å². The molecule has 1 aliphatic rings. The number of aliphatic imine (C=N–C) groups is 1. The summed E-state index contributed by atoms with van der Waals surface area (Å²) in [5.74, 6) is 1.31. The molecule has 0 fully saturated rings. The van der Waals surface area contributed by atoms with Crippen LogP contribution in [0.15, 0.2) is 4.99 Å². The summed E-state index contributed by atoms with van der Waals surface area (Å²) in [5, 5.41) is 2.82. The SMILES string of the molecule is CCC(C)C1=NC(CC)C(=O)N1. The van der Waals surface area contributed by atoms with Crippen LogP contribution < -0.4 is 5.32 Å². The second-order valence-electron chi connectivity index (χ2n) is 3.24. The third kappa shape index (κ3) is 1.65. The Morgan fingerprint density at radius 2 is 2.25 bits per heavy atom. The smallest absolute Gasteiger partial charge is 0.250 e. The highest BCUT2D eigenvalue weighted by molar-refractivity contribution is 6.06. The summed E-state index contributed by atoms with van der Waals surface area (Å²) in [6.07, 6.45) is 1.82. The van der Waals surface area contributed by atoms with Gasteiger partial charge in [0.1, 0.15) is 11.9 Å². The van der Waals surface area contributed by atoms with E-state index in [1.54, 1.807) is 0 Å². The molecule has 0 saturated heterocycles. The first-order chi connectivity index (χ1) is 5.69. The number of carbonyl (C=O) groups excluding carboxylic acids is 1. The van der Waals surface area contributed by atoms with Crippen molar-refractivity contribution in [2.24, 2.45) is 10.9 Å². The Hall–Kier alpha value is -0.860.